The molecule has 0 aliphatic carbocycles. The van der Waals surface area contributed by atoms with Crippen LogP contribution in [0.2, 0.25) is 0 Å². The molecule has 0 bridgehead atoms. The molecule has 1 aromatic carbocycles. The zero-order chi connectivity index (χ0) is 13.9. The monoisotopic (exact) mass is 283 g/mol. The predicted octanol–water partition coefficient (Wildman–Crippen LogP) is 1.94. The van der Waals surface area contributed by atoms with Crippen molar-refractivity contribution >= 4 is 10.8 Å². The zero-order valence-electron chi connectivity index (χ0n) is 11.5. The van der Waals surface area contributed by atoms with Gasteiger partial charge in [-0.2, -0.15) is 0 Å². The lowest BCUT2D eigenvalue weighted by atomic mass is 9.91. The van der Waals surface area contributed by atoms with Gasteiger partial charge in [0, 0.05) is 16.7 Å². The first-order chi connectivity index (χ1) is 9.02. The first-order valence-electron chi connectivity index (χ1n) is 6.50. The lowest BCUT2D eigenvalue weighted by Gasteiger charge is -2.22. The minimum absolute atomic E-state index is 0.0312. The molecule has 1 aromatic rings. The van der Waals surface area contributed by atoms with Crippen molar-refractivity contribution in [1.82, 2.24) is 0 Å². The van der Waals surface area contributed by atoms with Gasteiger partial charge < -0.3 is 15.2 Å². The summed E-state index contributed by atoms with van der Waals surface area (Å²) in [5.41, 5.74) is 5.72. The van der Waals surface area contributed by atoms with Gasteiger partial charge in [0.25, 0.3) is 0 Å². The van der Waals surface area contributed by atoms with Gasteiger partial charge in [-0.25, -0.2) is 0 Å². The third-order valence-corrected chi connectivity index (χ3v) is 4.65. The molecule has 0 saturated carbocycles. The predicted molar refractivity (Wildman–Crippen MR) is 76.2 cm³/mol. The van der Waals surface area contributed by atoms with Crippen LogP contribution in [-0.4, -0.2) is 29.7 Å². The van der Waals surface area contributed by atoms with Gasteiger partial charge in [-0.05, 0) is 30.5 Å². The van der Waals surface area contributed by atoms with Gasteiger partial charge in [0.05, 0.1) is 10.8 Å². The van der Waals surface area contributed by atoms with Crippen LogP contribution in [0.4, 0.5) is 0 Å². The smallest absolute Gasteiger partial charge is 0.162 e. The summed E-state index contributed by atoms with van der Waals surface area (Å²) >= 11 is 0. The first-order valence-corrected chi connectivity index (χ1v) is 7.82. The third-order valence-electron chi connectivity index (χ3n) is 3.29. The van der Waals surface area contributed by atoms with E-state index in [0.717, 1.165) is 17.1 Å². The Morgan fingerprint density at radius 2 is 1.95 bits per heavy atom. The average molecular weight is 283 g/mol. The maximum atomic E-state index is 12.3. The molecule has 0 fully saturated rings. The number of ether oxygens (including phenoxy) is 2. The molecular formula is C14H21NO3S. The van der Waals surface area contributed by atoms with Crippen molar-refractivity contribution in [3.63, 3.8) is 0 Å². The number of hydrogen-bond donors (Lipinski definition) is 1. The van der Waals surface area contributed by atoms with Crippen LogP contribution in [-0.2, 0) is 10.8 Å². The van der Waals surface area contributed by atoms with Crippen molar-refractivity contribution in [3.05, 3.63) is 18.2 Å². The van der Waals surface area contributed by atoms with Crippen molar-refractivity contribution in [2.75, 3.05) is 25.5 Å². The quantitative estimate of drug-likeness (QED) is 0.897. The van der Waals surface area contributed by atoms with E-state index >= 15 is 0 Å². The fraction of sp³-hybridized carbons (Fsp3) is 0.571. The Morgan fingerprint density at radius 1 is 1.26 bits per heavy atom. The topological polar surface area (TPSA) is 61.6 Å². The summed E-state index contributed by atoms with van der Waals surface area (Å²) in [6, 6.07) is 5.49. The molecule has 2 N–H and O–H groups in total. The lowest BCUT2D eigenvalue weighted by Crippen LogP contribution is -2.25. The largest absolute Gasteiger partial charge is 0.486 e. The van der Waals surface area contributed by atoms with Crippen molar-refractivity contribution < 1.29 is 13.7 Å². The van der Waals surface area contributed by atoms with Crippen LogP contribution in [0.5, 0.6) is 11.5 Å². The molecule has 5 heteroatoms. The summed E-state index contributed by atoms with van der Waals surface area (Å²) in [6.07, 6.45) is 0.838. The standard InChI is InChI=1S/C14H21NO3S/c1-14(2,10-15)5-8-19(16)11-3-4-12-13(9-11)18-7-6-17-12/h3-4,9H,5-8,10,15H2,1-2H3. The summed E-state index contributed by atoms with van der Waals surface area (Å²) in [5.74, 6) is 2.04. The third kappa shape index (κ3) is 3.70. The number of hydrogen-bond acceptors (Lipinski definition) is 4. The van der Waals surface area contributed by atoms with E-state index in [1.54, 1.807) is 0 Å². The van der Waals surface area contributed by atoms with Gasteiger partial charge >= 0.3 is 0 Å². The molecule has 19 heavy (non-hydrogen) atoms. The van der Waals surface area contributed by atoms with Crippen LogP contribution in [0, 0.1) is 5.41 Å². The second-order valence-corrected chi connectivity index (χ2v) is 7.04. The van der Waals surface area contributed by atoms with Gasteiger partial charge in [-0.1, -0.05) is 13.8 Å². The molecule has 1 aliphatic heterocycles. The second-order valence-electron chi connectivity index (χ2n) is 5.47. The molecule has 4 nitrogen and oxygen atoms in total. The van der Waals surface area contributed by atoms with Crippen LogP contribution in [0.3, 0.4) is 0 Å². The van der Waals surface area contributed by atoms with E-state index in [1.165, 1.54) is 0 Å². The number of rotatable bonds is 5. The molecule has 0 aromatic heterocycles. The van der Waals surface area contributed by atoms with Crippen molar-refractivity contribution in [2.24, 2.45) is 11.1 Å². The summed E-state index contributed by atoms with van der Waals surface area (Å²) in [6.45, 7) is 5.90. The molecule has 106 valence electrons. The first kappa shape index (κ1) is 14.3. The van der Waals surface area contributed by atoms with Crippen molar-refractivity contribution in [3.8, 4) is 11.5 Å². The van der Waals surface area contributed by atoms with Gasteiger partial charge in [-0.15, -0.1) is 0 Å². The molecule has 0 radical (unpaired) electrons. The van der Waals surface area contributed by atoms with E-state index in [2.05, 4.69) is 13.8 Å². The summed E-state index contributed by atoms with van der Waals surface area (Å²) < 4.78 is 23.2. The second kappa shape index (κ2) is 5.92. The molecule has 1 unspecified atom stereocenters. The van der Waals surface area contributed by atoms with Crippen molar-refractivity contribution in [2.45, 2.75) is 25.2 Å². The van der Waals surface area contributed by atoms with Crippen LogP contribution < -0.4 is 15.2 Å². The molecule has 0 spiro atoms. The summed E-state index contributed by atoms with van der Waals surface area (Å²) in [7, 11) is -1.02. The van der Waals surface area contributed by atoms with E-state index in [1.807, 2.05) is 18.2 Å². The SMILES string of the molecule is CC(C)(CN)CCS(=O)c1ccc2c(c1)OCCO2. The highest BCUT2D eigenvalue weighted by Crippen LogP contribution is 2.32. The fourth-order valence-corrected chi connectivity index (χ4v) is 3.19. The minimum atomic E-state index is -1.02. The Balaban J connectivity index is 2.03. The van der Waals surface area contributed by atoms with E-state index in [9.17, 15) is 4.21 Å². The lowest BCUT2D eigenvalue weighted by molar-refractivity contribution is 0.171. The molecule has 0 saturated heterocycles. The van der Waals surface area contributed by atoms with E-state index in [4.69, 9.17) is 15.2 Å². The Bertz CT molecular complexity index is 474. The molecule has 1 atom stereocenters. The minimum Gasteiger partial charge on any atom is -0.486 e. The Labute approximate surface area is 116 Å². The highest BCUT2D eigenvalue weighted by atomic mass is 32.2. The Morgan fingerprint density at radius 3 is 2.63 bits per heavy atom. The molecule has 2 rings (SSSR count). The molecule has 1 aliphatic rings. The zero-order valence-corrected chi connectivity index (χ0v) is 12.3. The number of nitrogens with two attached hydrogens (primary N) is 1. The fourth-order valence-electron chi connectivity index (χ4n) is 1.75. The van der Waals surface area contributed by atoms with Crippen LogP contribution in [0.25, 0.3) is 0 Å². The van der Waals surface area contributed by atoms with E-state index < -0.39 is 10.8 Å². The highest BCUT2D eigenvalue weighted by Gasteiger charge is 2.19. The van der Waals surface area contributed by atoms with Gasteiger partial charge in [0.15, 0.2) is 11.5 Å². The molecule has 0 amide bonds. The van der Waals surface area contributed by atoms with E-state index in [-0.39, 0.29) is 5.41 Å². The van der Waals surface area contributed by atoms with Crippen LogP contribution >= 0.6 is 0 Å². The van der Waals surface area contributed by atoms with Crippen LogP contribution in [0.1, 0.15) is 20.3 Å². The number of benzene rings is 1. The van der Waals surface area contributed by atoms with Gasteiger partial charge in [-0.3, -0.25) is 4.21 Å². The van der Waals surface area contributed by atoms with E-state index in [0.29, 0.717) is 31.3 Å². The summed E-state index contributed by atoms with van der Waals surface area (Å²) in [5, 5.41) is 0. The van der Waals surface area contributed by atoms with Crippen LogP contribution in [0.15, 0.2) is 23.1 Å². The number of fused-ring (bicyclic) bond motifs is 1. The maximum absolute atomic E-state index is 12.3. The molecule has 1 heterocycles. The van der Waals surface area contributed by atoms with Gasteiger partial charge in [0.2, 0.25) is 0 Å². The normalized spacial score (nSPS) is 16.2. The highest BCUT2D eigenvalue weighted by molar-refractivity contribution is 7.85. The average Bonchev–Trinajstić information content (AvgIpc) is 2.44. The maximum Gasteiger partial charge on any atom is 0.162 e. The molecular weight excluding hydrogens is 262 g/mol. The summed E-state index contributed by atoms with van der Waals surface area (Å²) in [4.78, 5) is 0.789. The van der Waals surface area contributed by atoms with Crippen molar-refractivity contribution in [1.29, 1.82) is 0 Å². The van der Waals surface area contributed by atoms with Gasteiger partial charge in [0.1, 0.15) is 13.2 Å². The Hall–Kier alpha value is -1.07. The Kier molecular flexibility index (Phi) is 4.47.